The van der Waals surface area contributed by atoms with Crippen LogP contribution < -0.4 is 0 Å². The maximum Gasteiger partial charge on any atom is 0.138 e. The topological polar surface area (TPSA) is 93.4 Å². The van der Waals surface area contributed by atoms with Crippen LogP contribution in [0.2, 0.25) is 0 Å². The van der Waals surface area contributed by atoms with Crippen LogP contribution in [0.1, 0.15) is 27.7 Å². The fraction of sp³-hybridized carbons (Fsp3) is 1.00. The van der Waals surface area contributed by atoms with Crippen molar-refractivity contribution in [3.8, 4) is 0 Å². The molecule has 1 atom stereocenters. The maximum absolute atomic E-state index is 9.70. The Morgan fingerprint density at radius 1 is 1.13 bits per heavy atom. The molecule has 0 aromatic rings. The van der Waals surface area contributed by atoms with Crippen molar-refractivity contribution >= 4 is 0 Å². The van der Waals surface area contributed by atoms with E-state index in [-0.39, 0.29) is 6.61 Å². The molecule has 0 aliphatic rings. The first-order chi connectivity index (χ1) is 6.59. The summed E-state index contributed by atoms with van der Waals surface area (Å²) in [7, 11) is 0. The van der Waals surface area contributed by atoms with E-state index >= 15 is 0 Å². The summed E-state index contributed by atoms with van der Waals surface area (Å²) >= 11 is 0. The van der Waals surface area contributed by atoms with Gasteiger partial charge in [0.25, 0.3) is 0 Å². The van der Waals surface area contributed by atoms with Crippen molar-refractivity contribution < 1.29 is 25.3 Å². The number of hydrogen-bond donors (Lipinski definition) is 4. The van der Waals surface area contributed by atoms with Gasteiger partial charge in [0.05, 0.1) is 13.2 Å². The van der Waals surface area contributed by atoms with Gasteiger partial charge in [-0.05, 0) is 27.7 Å². The molecule has 0 fully saturated rings. The third-order valence-corrected chi connectivity index (χ3v) is 1.60. The second kappa shape index (κ2) is 5.20. The molecule has 0 aromatic heterocycles. The van der Waals surface area contributed by atoms with Gasteiger partial charge >= 0.3 is 0 Å². The Kier molecular flexibility index (Phi) is 5.12. The zero-order chi connectivity index (χ0) is 12.3. The number of hydroxylamine groups is 2. The first-order valence-corrected chi connectivity index (χ1v) is 4.76. The van der Waals surface area contributed by atoms with Crippen LogP contribution in [0, 0.1) is 0 Å². The van der Waals surface area contributed by atoms with Crippen LogP contribution in [-0.4, -0.2) is 56.3 Å². The lowest BCUT2D eigenvalue weighted by Crippen LogP contribution is -2.56. The summed E-state index contributed by atoms with van der Waals surface area (Å²) in [5.74, 6) is 0. The van der Waals surface area contributed by atoms with Gasteiger partial charge in [0.2, 0.25) is 0 Å². The van der Waals surface area contributed by atoms with Crippen molar-refractivity contribution in [2.45, 2.75) is 45.2 Å². The van der Waals surface area contributed by atoms with Crippen molar-refractivity contribution in [3.63, 3.8) is 0 Å². The van der Waals surface area contributed by atoms with E-state index in [4.69, 9.17) is 15.1 Å². The van der Waals surface area contributed by atoms with Gasteiger partial charge in [0.1, 0.15) is 17.6 Å². The lowest BCUT2D eigenvalue weighted by atomic mass is 10.2. The van der Waals surface area contributed by atoms with E-state index in [2.05, 4.69) is 0 Å². The van der Waals surface area contributed by atoms with Gasteiger partial charge in [-0.2, -0.15) is 0 Å². The first-order valence-electron chi connectivity index (χ1n) is 4.76. The summed E-state index contributed by atoms with van der Waals surface area (Å²) in [5, 5.41) is 38.0. The van der Waals surface area contributed by atoms with E-state index in [1.54, 1.807) is 0 Å². The summed E-state index contributed by atoms with van der Waals surface area (Å²) in [4.78, 5) is 5.05. The summed E-state index contributed by atoms with van der Waals surface area (Å²) < 4.78 is 0. The quantitative estimate of drug-likeness (QED) is 0.342. The Morgan fingerprint density at radius 2 is 1.53 bits per heavy atom. The Morgan fingerprint density at radius 3 is 1.80 bits per heavy atom. The van der Waals surface area contributed by atoms with Gasteiger partial charge in [-0.3, -0.25) is 4.84 Å². The molecule has 0 spiro atoms. The number of hydrogen-bond acceptors (Lipinski definition) is 6. The highest BCUT2D eigenvalue weighted by atomic mass is 16.7. The van der Waals surface area contributed by atoms with Gasteiger partial charge in [-0.1, -0.05) is 0 Å². The molecule has 0 heterocycles. The molecule has 0 aliphatic heterocycles. The normalized spacial score (nSPS) is 15.8. The standard InChI is InChI=1S/C9H21NO5/c1-8(2,13)10(9(3,4)14)15-6-7(12)5-11/h7,11-14H,5-6H2,1-4H3. The predicted octanol–water partition coefficient (Wildman–Crippen LogP) is -0.970. The highest BCUT2D eigenvalue weighted by Gasteiger charge is 2.36. The minimum atomic E-state index is -1.40. The summed E-state index contributed by atoms with van der Waals surface area (Å²) in [6.45, 7) is 5.12. The lowest BCUT2D eigenvalue weighted by molar-refractivity contribution is -0.370. The van der Waals surface area contributed by atoms with Gasteiger partial charge in [0, 0.05) is 0 Å². The van der Waals surface area contributed by atoms with Crippen molar-refractivity contribution in [1.29, 1.82) is 0 Å². The second-order valence-corrected chi connectivity index (χ2v) is 4.42. The van der Waals surface area contributed by atoms with E-state index in [1.807, 2.05) is 0 Å². The van der Waals surface area contributed by atoms with Crippen LogP contribution in [0.15, 0.2) is 0 Å². The van der Waals surface area contributed by atoms with Gasteiger partial charge < -0.3 is 20.4 Å². The molecular weight excluding hydrogens is 202 g/mol. The highest BCUT2D eigenvalue weighted by molar-refractivity contribution is 4.71. The van der Waals surface area contributed by atoms with Crippen molar-refractivity contribution in [1.82, 2.24) is 5.06 Å². The molecule has 0 aliphatic carbocycles. The third-order valence-electron chi connectivity index (χ3n) is 1.60. The summed E-state index contributed by atoms with van der Waals surface area (Å²) in [6.07, 6.45) is -1.04. The smallest absolute Gasteiger partial charge is 0.138 e. The summed E-state index contributed by atoms with van der Waals surface area (Å²) in [6, 6.07) is 0. The molecule has 15 heavy (non-hydrogen) atoms. The fourth-order valence-corrected chi connectivity index (χ4v) is 1.20. The fourth-order valence-electron chi connectivity index (χ4n) is 1.20. The van der Waals surface area contributed by atoms with E-state index in [1.165, 1.54) is 27.7 Å². The van der Waals surface area contributed by atoms with Crippen molar-refractivity contribution in [2.75, 3.05) is 13.2 Å². The zero-order valence-corrected chi connectivity index (χ0v) is 9.64. The third kappa shape index (κ3) is 5.41. The van der Waals surface area contributed by atoms with Gasteiger partial charge in [-0.15, -0.1) is 5.06 Å². The SMILES string of the molecule is CC(C)(O)N(OCC(O)CO)C(C)(C)O. The van der Waals surface area contributed by atoms with E-state index in [0.717, 1.165) is 5.06 Å². The van der Waals surface area contributed by atoms with E-state index < -0.39 is 24.2 Å². The number of aliphatic hydroxyl groups is 4. The maximum atomic E-state index is 9.70. The molecule has 0 saturated heterocycles. The predicted molar refractivity (Wildman–Crippen MR) is 53.5 cm³/mol. The Labute approximate surface area is 89.7 Å². The Hall–Kier alpha value is -0.240. The minimum Gasteiger partial charge on any atom is -0.394 e. The molecule has 0 rings (SSSR count). The Balaban J connectivity index is 4.42. The monoisotopic (exact) mass is 223 g/mol. The molecule has 1 unspecified atom stereocenters. The van der Waals surface area contributed by atoms with Crippen LogP contribution in [-0.2, 0) is 4.84 Å². The highest BCUT2D eigenvalue weighted by Crippen LogP contribution is 2.21. The average molecular weight is 223 g/mol. The number of aliphatic hydroxyl groups excluding tert-OH is 2. The average Bonchev–Trinajstić information content (AvgIpc) is 1.99. The van der Waals surface area contributed by atoms with Crippen LogP contribution >= 0.6 is 0 Å². The van der Waals surface area contributed by atoms with E-state index in [9.17, 15) is 10.2 Å². The van der Waals surface area contributed by atoms with Gasteiger partial charge in [0.15, 0.2) is 0 Å². The van der Waals surface area contributed by atoms with Gasteiger partial charge in [-0.25, -0.2) is 0 Å². The summed E-state index contributed by atoms with van der Waals surface area (Å²) in [5.41, 5.74) is -2.79. The van der Waals surface area contributed by atoms with Crippen LogP contribution in [0.5, 0.6) is 0 Å². The molecule has 0 saturated carbocycles. The molecule has 4 N–H and O–H groups in total. The Bertz CT molecular complexity index is 170. The molecular formula is C9H21NO5. The molecule has 0 bridgehead atoms. The first kappa shape index (κ1) is 14.8. The molecule has 6 nitrogen and oxygen atoms in total. The lowest BCUT2D eigenvalue weighted by Gasteiger charge is -2.41. The largest absolute Gasteiger partial charge is 0.394 e. The van der Waals surface area contributed by atoms with Crippen molar-refractivity contribution in [2.24, 2.45) is 0 Å². The molecule has 0 aromatic carbocycles. The second-order valence-electron chi connectivity index (χ2n) is 4.42. The van der Waals surface area contributed by atoms with E-state index in [0.29, 0.717) is 0 Å². The minimum absolute atomic E-state index is 0.204. The van der Waals surface area contributed by atoms with Crippen LogP contribution in [0.3, 0.4) is 0 Å². The number of rotatable bonds is 6. The molecule has 0 amide bonds. The van der Waals surface area contributed by atoms with Crippen LogP contribution in [0.25, 0.3) is 0 Å². The van der Waals surface area contributed by atoms with Crippen LogP contribution in [0.4, 0.5) is 0 Å². The number of nitrogens with zero attached hydrogens (tertiary/aromatic N) is 1. The zero-order valence-electron chi connectivity index (χ0n) is 9.64. The molecule has 6 heteroatoms. The molecule has 92 valence electrons. The molecule has 0 radical (unpaired) electrons. The van der Waals surface area contributed by atoms with Crippen molar-refractivity contribution in [3.05, 3.63) is 0 Å².